The van der Waals surface area contributed by atoms with Gasteiger partial charge < -0.3 is 4.90 Å². The lowest BCUT2D eigenvalue weighted by molar-refractivity contribution is 0.307. The van der Waals surface area contributed by atoms with Crippen LogP contribution in [0, 0.1) is 0 Å². The van der Waals surface area contributed by atoms with Gasteiger partial charge in [0, 0.05) is 17.6 Å². The van der Waals surface area contributed by atoms with Crippen LogP contribution in [0.15, 0.2) is 24.3 Å². The first-order chi connectivity index (χ1) is 7.16. The summed E-state index contributed by atoms with van der Waals surface area (Å²) in [6, 6.07) is 9.05. The zero-order chi connectivity index (χ0) is 10.8. The van der Waals surface area contributed by atoms with E-state index in [1.807, 2.05) is 12.1 Å². The maximum atomic E-state index is 5.99. The van der Waals surface area contributed by atoms with E-state index < -0.39 is 0 Å². The van der Waals surface area contributed by atoms with Crippen LogP contribution in [0.3, 0.4) is 0 Å². The highest BCUT2D eigenvalue weighted by molar-refractivity contribution is 6.30. The van der Waals surface area contributed by atoms with Crippen molar-refractivity contribution in [3.8, 4) is 0 Å². The van der Waals surface area contributed by atoms with Gasteiger partial charge in [-0.1, -0.05) is 30.7 Å². The van der Waals surface area contributed by atoms with Crippen LogP contribution in [0.4, 0.5) is 0 Å². The van der Waals surface area contributed by atoms with Crippen LogP contribution in [0.1, 0.15) is 31.2 Å². The number of nitrogens with zero attached hydrogens (tertiary/aromatic N) is 1. The molecule has 1 fully saturated rings. The number of benzene rings is 1. The van der Waals surface area contributed by atoms with Crippen LogP contribution in [0.5, 0.6) is 0 Å². The Morgan fingerprint density at radius 3 is 2.80 bits per heavy atom. The molecule has 1 atom stereocenters. The summed E-state index contributed by atoms with van der Waals surface area (Å²) in [7, 11) is 2.22. The highest BCUT2D eigenvalue weighted by Crippen LogP contribution is 2.28. The van der Waals surface area contributed by atoms with Gasteiger partial charge in [-0.2, -0.15) is 0 Å². The van der Waals surface area contributed by atoms with Crippen molar-refractivity contribution in [1.29, 1.82) is 0 Å². The molecule has 2 heteroatoms. The lowest BCUT2D eigenvalue weighted by atomic mass is 10.0. The summed E-state index contributed by atoms with van der Waals surface area (Å²) in [6.45, 7) is 3.40. The van der Waals surface area contributed by atoms with Crippen LogP contribution in [0.2, 0.25) is 5.02 Å². The van der Waals surface area contributed by atoms with Crippen molar-refractivity contribution in [2.45, 2.75) is 31.7 Å². The summed E-state index contributed by atoms with van der Waals surface area (Å²) >= 11 is 5.99. The Morgan fingerprint density at radius 1 is 1.47 bits per heavy atom. The van der Waals surface area contributed by atoms with Gasteiger partial charge in [-0.25, -0.2) is 0 Å². The summed E-state index contributed by atoms with van der Waals surface area (Å²) in [6.07, 6.45) is 2.75. The maximum absolute atomic E-state index is 5.99. The van der Waals surface area contributed by atoms with Gasteiger partial charge in [0.2, 0.25) is 0 Å². The highest BCUT2D eigenvalue weighted by atomic mass is 35.5. The Balaban J connectivity index is 1.97. The average molecular weight is 224 g/mol. The van der Waals surface area contributed by atoms with Crippen LogP contribution >= 0.6 is 11.6 Å². The third-order valence-corrected chi connectivity index (χ3v) is 3.38. The fraction of sp³-hybridized carbons (Fsp3) is 0.538. The minimum Gasteiger partial charge on any atom is -0.303 e. The Kier molecular flexibility index (Phi) is 3.32. The molecule has 1 aromatic carbocycles. The average Bonchev–Trinajstić information content (AvgIpc) is 3.00. The van der Waals surface area contributed by atoms with Crippen molar-refractivity contribution >= 4 is 11.6 Å². The van der Waals surface area contributed by atoms with Gasteiger partial charge in [-0.15, -0.1) is 0 Å². The molecule has 1 aliphatic carbocycles. The molecular weight excluding hydrogens is 206 g/mol. The van der Waals surface area contributed by atoms with E-state index in [0.29, 0.717) is 5.92 Å². The summed E-state index contributed by atoms with van der Waals surface area (Å²) in [5.74, 6) is 0.564. The van der Waals surface area contributed by atoms with Crippen molar-refractivity contribution in [2.24, 2.45) is 0 Å². The van der Waals surface area contributed by atoms with Crippen LogP contribution in [0.25, 0.3) is 0 Å². The molecule has 15 heavy (non-hydrogen) atoms. The van der Waals surface area contributed by atoms with Gasteiger partial charge in [0.15, 0.2) is 0 Å². The van der Waals surface area contributed by atoms with E-state index in [4.69, 9.17) is 11.6 Å². The van der Waals surface area contributed by atoms with Gasteiger partial charge in [0.1, 0.15) is 0 Å². The van der Waals surface area contributed by atoms with Crippen molar-refractivity contribution in [1.82, 2.24) is 4.90 Å². The Hall–Kier alpha value is -0.530. The molecule has 0 aromatic heterocycles. The fourth-order valence-electron chi connectivity index (χ4n) is 2.01. The second-order valence-electron chi connectivity index (χ2n) is 4.63. The minimum atomic E-state index is 0.564. The molecule has 1 aromatic rings. The number of rotatable bonds is 4. The summed E-state index contributed by atoms with van der Waals surface area (Å²) < 4.78 is 0. The van der Waals surface area contributed by atoms with E-state index >= 15 is 0 Å². The van der Waals surface area contributed by atoms with Crippen LogP contribution in [-0.2, 0) is 0 Å². The van der Waals surface area contributed by atoms with E-state index in [9.17, 15) is 0 Å². The number of hydrogen-bond donors (Lipinski definition) is 0. The van der Waals surface area contributed by atoms with Gasteiger partial charge in [-0.3, -0.25) is 0 Å². The highest BCUT2D eigenvalue weighted by Gasteiger charge is 2.26. The van der Waals surface area contributed by atoms with Gasteiger partial charge in [0.05, 0.1) is 0 Å². The standard InChI is InChI=1S/C13H18ClN/c1-10(9-15(2)13-6-7-13)11-4-3-5-12(14)8-11/h3-5,8,10,13H,6-7,9H2,1-2H3. The molecule has 0 saturated heterocycles. The predicted molar refractivity (Wildman–Crippen MR) is 65.5 cm³/mol. The largest absolute Gasteiger partial charge is 0.303 e. The molecule has 0 N–H and O–H groups in total. The first kappa shape index (κ1) is 11.0. The zero-order valence-corrected chi connectivity index (χ0v) is 10.2. The first-order valence-electron chi connectivity index (χ1n) is 5.62. The van der Waals surface area contributed by atoms with Crippen molar-refractivity contribution in [2.75, 3.05) is 13.6 Å². The molecule has 0 heterocycles. The summed E-state index contributed by atoms with van der Waals surface area (Å²) in [5, 5.41) is 0.841. The second kappa shape index (κ2) is 4.54. The minimum absolute atomic E-state index is 0.564. The molecule has 0 radical (unpaired) electrons. The van der Waals surface area contributed by atoms with Crippen molar-refractivity contribution in [3.63, 3.8) is 0 Å². The van der Waals surface area contributed by atoms with Crippen LogP contribution < -0.4 is 0 Å². The molecule has 0 bridgehead atoms. The summed E-state index contributed by atoms with van der Waals surface area (Å²) in [4.78, 5) is 2.46. The van der Waals surface area contributed by atoms with E-state index in [-0.39, 0.29) is 0 Å². The van der Waals surface area contributed by atoms with E-state index in [1.165, 1.54) is 18.4 Å². The Morgan fingerprint density at radius 2 is 2.20 bits per heavy atom. The molecule has 0 aliphatic heterocycles. The number of likely N-dealkylation sites (N-methyl/N-ethyl adjacent to an activating group) is 1. The Bertz CT molecular complexity index is 333. The smallest absolute Gasteiger partial charge is 0.0408 e. The van der Waals surface area contributed by atoms with Crippen LogP contribution in [-0.4, -0.2) is 24.5 Å². The SMILES string of the molecule is CC(CN(C)C1CC1)c1cccc(Cl)c1. The lowest BCUT2D eigenvalue weighted by Gasteiger charge is -2.21. The van der Waals surface area contributed by atoms with E-state index in [2.05, 4.69) is 31.0 Å². The first-order valence-corrected chi connectivity index (χ1v) is 6.00. The fourth-order valence-corrected chi connectivity index (χ4v) is 2.21. The van der Waals surface area contributed by atoms with E-state index in [0.717, 1.165) is 17.6 Å². The molecule has 1 aliphatic rings. The normalized spacial score (nSPS) is 18.1. The molecule has 0 amide bonds. The quantitative estimate of drug-likeness (QED) is 0.755. The molecule has 82 valence electrons. The number of hydrogen-bond acceptors (Lipinski definition) is 1. The molecular formula is C13H18ClN. The van der Waals surface area contributed by atoms with Gasteiger partial charge >= 0.3 is 0 Å². The third-order valence-electron chi connectivity index (χ3n) is 3.15. The van der Waals surface area contributed by atoms with Gasteiger partial charge in [0.25, 0.3) is 0 Å². The zero-order valence-electron chi connectivity index (χ0n) is 9.41. The third kappa shape index (κ3) is 2.96. The maximum Gasteiger partial charge on any atom is 0.0408 e. The lowest BCUT2D eigenvalue weighted by Crippen LogP contribution is -2.25. The molecule has 1 nitrogen and oxygen atoms in total. The van der Waals surface area contributed by atoms with Crippen molar-refractivity contribution in [3.05, 3.63) is 34.9 Å². The molecule has 1 unspecified atom stereocenters. The second-order valence-corrected chi connectivity index (χ2v) is 5.06. The van der Waals surface area contributed by atoms with E-state index in [1.54, 1.807) is 0 Å². The monoisotopic (exact) mass is 223 g/mol. The molecule has 1 saturated carbocycles. The van der Waals surface area contributed by atoms with Crippen molar-refractivity contribution < 1.29 is 0 Å². The molecule has 0 spiro atoms. The number of halogens is 1. The summed E-state index contributed by atoms with van der Waals surface area (Å²) in [5.41, 5.74) is 1.34. The van der Waals surface area contributed by atoms with Gasteiger partial charge in [-0.05, 0) is 43.5 Å². The Labute approximate surface area is 97.0 Å². The topological polar surface area (TPSA) is 3.24 Å². The molecule has 2 rings (SSSR count). The predicted octanol–water partition coefficient (Wildman–Crippen LogP) is 3.54.